The zero-order chi connectivity index (χ0) is 47.4. The third-order valence-corrected chi connectivity index (χ3v) is 12.7. The first-order valence-electron chi connectivity index (χ1n) is 27.0. The van der Waals surface area contributed by atoms with Gasteiger partial charge in [-0.2, -0.15) is 0 Å². The second-order valence-electron chi connectivity index (χ2n) is 18.8. The summed E-state index contributed by atoms with van der Waals surface area (Å²) in [4.78, 5) is 13.1. The number of ether oxygens (including phenoxy) is 2. The maximum absolute atomic E-state index is 13.1. The summed E-state index contributed by atoms with van der Waals surface area (Å²) in [5.41, 5.74) is 0. The normalized spacial score (nSPS) is 20.8. The van der Waals surface area contributed by atoms with Crippen LogP contribution >= 0.6 is 0 Å². The Morgan fingerprint density at radius 1 is 0.523 bits per heavy atom. The SMILES string of the molecule is CCCCCCCCC/C=C/CC/C=C/CC/C=C/C(O)C(COC1OC(CO)C(O)C(O)C1O)NC(=O)C(O)CCCCCCCCC/C=C\CCCCCCCCCCCCCC. The molecule has 1 saturated heterocycles. The monoisotopic (exact) mass is 920 g/mol. The predicted octanol–water partition coefficient (Wildman–Crippen LogP) is 11.5. The van der Waals surface area contributed by atoms with Gasteiger partial charge in [-0.05, 0) is 70.6 Å². The summed E-state index contributed by atoms with van der Waals surface area (Å²) in [6, 6.07) is -1.01. The number of amides is 1. The standard InChI is InChI=1S/C55H101NO9/c1-3-5-7-9-11-13-15-17-19-21-22-23-24-25-26-28-30-32-34-36-38-40-42-44-49(59)54(63)56-47(46-64-55-53(62)52(61)51(60)50(45-57)65-55)48(58)43-41-39-37-35-33-31-29-27-20-18-16-14-12-10-8-6-4-2/h20,25-27,33,35,41,43,47-53,55,57-62H,3-19,21-24,28-32,34,36-40,42,44-46H2,1-2H3,(H,56,63)/b26-25-,27-20+,35-33+,43-41+. The van der Waals surface area contributed by atoms with Crippen molar-refractivity contribution in [2.45, 2.75) is 281 Å². The number of carbonyl (C=O) groups is 1. The molecule has 0 saturated carbocycles. The number of rotatable bonds is 45. The van der Waals surface area contributed by atoms with Gasteiger partial charge in [0.2, 0.25) is 5.91 Å². The van der Waals surface area contributed by atoms with E-state index in [9.17, 15) is 35.4 Å². The molecule has 8 atom stereocenters. The van der Waals surface area contributed by atoms with Crippen molar-refractivity contribution in [2.24, 2.45) is 0 Å². The number of hydrogen-bond acceptors (Lipinski definition) is 9. The van der Waals surface area contributed by atoms with Gasteiger partial charge < -0.3 is 45.4 Å². The molecule has 0 aliphatic carbocycles. The molecule has 65 heavy (non-hydrogen) atoms. The molecule has 0 aromatic rings. The quantitative estimate of drug-likeness (QED) is 0.0232. The third-order valence-electron chi connectivity index (χ3n) is 12.7. The minimum absolute atomic E-state index is 0.295. The van der Waals surface area contributed by atoms with Crippen molar-refractivity contribution in [1.29, 1.82) is 0 Å². The van der Waals surface area contributed by atoms with E-state index < -0.39 is 61.5 Å². The van der Waals surface area contributed by atoms with Crippen LogP contribution < -0.4 is 5.32 Å². The zero-order valence-corrected chi connectivity index (χ0v) is 41.6. The van der Waals surface area contributed by atoms with Crippen LogP contribution in [0.4, 0.5) is 0 Å². The molecular formula is C55H101NO9. The number of unbranched alkanes of at least 4 members (excludes halogenated alkanes) is 28. The molecule has 0 bridgehead atoms. The van der Waals surface area contributed by atoms with Crippen LogP contribution in [-0.2, 0) is 14.3 Å². The fourth-order valence-corrected chi connectivity index (χ4v) is 8.31. The largest absolute Gasteiger partial charge is 0.394 e. The molecule has 0 spiro atoms. The molecular weight excluding hydrogens is 819 g/mol. The fourth-order valence-electron chi connectivity index (χ4n) is 8.31. The Morgan fingerprint density at radius 3 is 1.34 bits per heavy atom. The van der Waals surface area contributed by atoms with Gasteiger partial charge in [-0.15, -0.1) is 0 Å². The average Bonchev–Trinajstić information content (AvgIpc) is 3.31. The molecule has 0 radical (unpaired) electrons. The van der Waals surface area contributed by atoms with E-state index in [4.69, 9.17) is 9.47 Å². The molecule has 10 heteroatoms. The Labute approximate surface area is 397 Å². The molecule has 1 heterocycles. The Morgan fingerprint density at radius 2 is 0.908 bits per heavy atom. The molecule has 1 rings (SSSR count). The lowest BCUT2D eigenvalue weighted by Gasteiger charge is -2.40. The van der Waals surface area contributed by atoms with Crippen LogP contribution in [0.15, 0.2) is 48.6 Å². The van der Waals surface area contributed by atoms with Gasteiger partial charge in [-0.25, -0.2) is 0 Å². The maximum atomic E-state index is 13.1. The van der Waals surface area contributed by atoms with Crippen LogP contribution in [0.25, 0.3) is 0 Å². The van der Waals surface area contributed by atoms with Gasteiger partial charge in [0, 0.05) is 0 Å². The van der Waals surface area contributed by atoms with Crippen LogP contribution in [0, 0.1) is 0 Å². The molecule has 380 valence electrons. The van der Waals surface area contributed by atoms with E-state index in [-0.39, 0.29) is 6.61 Å². The van der Waals surface area contributed by atoms with Gasteiger partial charge in [0.1, 0.15) is 30.5 Å². The number of aliphatic hydroxyl groups is 6. The molecule has 1 aliphatic heterocycles. The Balaban J connectivity index is 2.34. The highest BCUT2D eigenvalue weighted by Gasteiger charge is 2.44. The predicted molar refractivity (Wildman–Crippen MR) is 269 cm³/mol. The summed E-state index contributed by atoms with van der Waals surface area (Å²) in [5, 5.41) is 64.9. The summed E-state index contributed by atoms with van der Waals surface area (Å²) in [5.74, 6) is -0.633. The first kappa shape index (κ1) is 61.1. The molecule has 0 aromatic carbocycles. The topological polar surface area (TPSA) is 169 Å². The minimum atomic E-state index is -1.62. The van der Waals surface area contributed by atoms with Crippen molar-refractivity contribution in [1.82, 2.24) is 5.32 Å². The maximum Gasteiger partial charge on any atom is 0.249 e. The van der Waals surface area contributed by atoms with E-state index in [1.165, 1.54) is 148 Å². The van der Waals surface area contributed by atoms with Crippen LogP contribution in [0.5, 0.6) is 0 Å². The Hall–Kier alpha value is -1.89. The first-order valence-corrected chi connectivity index (χ1v) is 27.0. The fraction of sp³-hybridized carbons (Fsp3) is 0.836. The van der Waals surface area contributed by atoms with E-state index in [0.29, 0.717) is 19.3 Å². The van der Waals surface area contributed by atoms with Gasteiger partial charge >= 0.3 is 0 Å². The summed E-state index contributed by atoms with van der Waals surface area (Å²) in [6.07, 6.45) is 47.8. The second kappa shape index (κ2) is 44.6. The molecule has 1 fully saturated rings. The van der Waals surface area contributed by atoms with Crippen LogP contribution in [0.2, 0.25) is 0 Å². The van der Waals surface area contributed by atoms with Crippen LogP contribution in [0.1, 0.15) is 232 Å². The van der Waals surface area contributed by atoms with E-state index in [0.717, 1.165) is 51.4 Å². The molecule has 0 aromatic heterocycles. The minimum Gasteiger partial charge on any atom is -0.394 e. The number of aliphatic hydroxyl groups excluding tert-OH is 6. The van der Waals surface area contributed by atoms with Gasteiger partial charge in [0.25, 0.3) is 0 Å². The Bertz CT molecular complexity index is 1180. The lowest BCUT2D eigenvalue weighted by molar-refractivity contribution is -0.302. The average molecular weight is 920 g/mol. The van der Waals surface area contributed by atoms with Crippen molar-refractivity contribution in [3.63, 3.8) is 0 Å². The summed E-state index contributed by atoms with van der Waals surface area (Å²) in [7, 11) is 0. The van der Waals surface area contributed by atoms with E-state index in [2.05, 4.69) is 55.6 Å². The number of hydrogen-bond donors (Lipinski definition) is 7. The zero-order valence-electron chi connectivity index (χ0n) is 41.6. The van der Waals surface area contributed by atoms with Gasteiger partial charge in [-0.1, -0.05) is 210 Å². The van der Waals surface area contributed by atoms with Gasteiger partial charge in [0.05, 0.1) is 25.4 Å². The summed E-state index contributed by atoms with van der Waals surface area (Å²) < 4.78 is 11.2. The highest BCUT2D eigenvalue weighted by Crippen LogP contribution is 2.23. The van der Waals surface area contributed by atoms with Crippen molar-refractivity contribution >= 4 is 5.91 Å². The van der Waals surface area contributed by atoms with Crippen LogP contribution in [0.3, 0.4) is 0 Å². The van der Waals surface area contributed by atoms with Crippen molar-refractivity contribution in [3.8, 4) is 0 Å². The van der Waals surface area contributed by atoms with Gasteiger partial charge in [-0.3, -0.25) is 4.79 Å². The highest BCUT2D eigenvalue weighted by molar-refractivity contribution is 5.80. The van der Waals surface area contributed by atoms with Crippen molar-refractivity contribution < 1.29 is 44.9 Å². The third kappa shape index (κ3) is 34.1. The number of nitrogens with one attached hydrogen (secondary N) is 1. The van der Waals surface area contributed by atoms with Crippen molar-refractivity contribution in [3.05, 3.63) is 48.6 Å². The lowest BCUT2D eigenvalue weighted by atomic mass is 9.99. The van der Waals surface area contributed by atoms with Gasteiger partial charge in [0.15, 0.2) is 6.29 Å². The molecule has 1 amide bonds. The number of carbonyl (C=O) groups excluding carboxylic acids is 1. The molecule has 7 N–H and O–H groups in total. The van der Waals surface area contributed by atoms with Crippen molar-refractivity contribution in [2.75, 3.05) is 13.2 Å². The smallest absolute Gasteiger partial charge is 0.249 e. The van der Waals surface area contributed by atoms with E-state index >= 15 is 0 Å². The summed E-state index contributed by atoms with van der Waals surface area (Å²) in [6.45, 7) is 3.59. The van der Waals surface area contributed by atoms with E-state index in [1.54, 1.807) is 6.08 Å². The Kier molecular flexibility index (Phi) is 41.9. The first-order chi connectivity index (χ1) is 31.8. The molecule has 10 nitrogen and oxygen atoms in total. The number of allylic oxidation sites excluding steroid dienone is 7. The van der Waals surface area contributed by atoms with E-state index in [1.807, 2.05) is 6.08 Å². The molecule has 1 aliphatic rings. The molecule has 8 unspecified atom stereocenters. The lowest BCUT2D eigenvalue weighted by Crippen LogP contribution is -2.60. The second-order valence-corrected chi connectivity index (χ2v) is 18.8. The highest BCUT2D eigenvalue weighted by atomic mass is 16.7. The summed E-state index contributed by atoms with van der Waals surface area (Å²) >= 11 is 0. The van der Waals surface area contributed by atoms with Crippen LogP contribution in [-0.4, -0.2) is 98.7 Å².